The number of nitrogens with zero attached hydrogens (tertiary/aromatic N) is 5. The van der Waals surface area contributed by atoms with E-state index >= 15 is 0 Å². The van der Waals surface area contributed by atoms with Crippen molar-refractivity contribution in [3.63, 3.8) is 0 Å². The molecular formula is C25H20F5N7O. The van der Waals surface area contributed by atoms with Gasteiger partial charge >= 0.3 is 6.18 Å². The van der Waals surface area contributed by atoms with E-state index in [4.69, 9.17) is 0 Å². The highest BCUT2D eigenvalue weighted by molar-refractivity contribution is 5.95. The molecule has 4 heterocycles. The van der Waals surface area contributed by atoms with Crippen LogP contribution in [0.2, 0.25) is 0 Å². The lowest BCUT2D eigenvalue weighted by Crippen LogP contribution is -2.63. The maximum atomic E-state index is 14.9. The van der Waals surface area contributed by atoms with Gasteiger partial charge in [0, 0.05) is 54.2 Å². The zero-order chi connectivity index (χ0) is 27.2. The number of nitriles is 1. The van der Waals surface area contributed by atoms with Crippen LogP contribution in [-0.2, 0) is 5.54 Å². The number of hydrogen-bond acceptors (Lipinski definition) is 5. The molecule has 13 heteroatoms. The molecule has 1 aliphatic rings. The van der Waals surface area contributed by atoms with Crippen LogP contribution >= 0.6 is 0 Å². The van der Waals surface area contributed by atoms with E-state index in [2.05, 4.69) is 21.1 Å². The van der Waals surface area contributed by atoms with Crippen LogP contribution in [0.25, 0.3) is 22.2 Å². The van der Waals surface area contributed by atoms with Crippen LogP contribution in [0.15, 0.2) is 49.1 Å². The lowest BCUT2D eigenvalue weighted by Gasteiger charge is -2.50. The predicted octanol–water partition coefficient (Wildman–Crippen LogP) is 4.51. The van der Waals surface area contributed by atoms with E-state index in [0.29, 0.717) is 24.2 Å². The number of H-pyrrole nitrogens is 1. The smallest absolute Gasteiger partial charge is 0.364 e. The summed E-state index contributed by atoms with van der Waals surface area (Å²) in [6.45, 7) is 0.914. The average Bonchev–Trinajstić information content (AvgIpc) is 3.52. The van der Waals surface area contributed by atoms with E-state index in [1.165, 1.54) is 4.90 Å². The minimum Gasteiger partial charge on any atom is -0.364 e. The molecule has 5 rings (SSSR count). The molecule has 1 aromatic carbocycles. The Labute approximate surface area is 212 Å². The minimum atomic E-state index is -4.73. The number of pyridine rings is 1. The number of nitrogens with one attached hydrogen (secondary N) is 2. The molecule has 0 bridgehead atoms. The molecule has 1 aliphatic heterocycles. The molecular weight excluding hydrogens is 509 g/mol. The third-order valence-electron chi connectivity index (χ3n) is 6.66. The fourth-order valence-electron chi connectivity index (χ4n) is 4.55. The fourth-order valence-corrected chi connectivity index (χ4v) is 4.55. The monoisotopic (exact) mass is 529 g/mol. The van der Waals surface area contributed by atoms with Crippen molar-refractivity contribution < 1.29 is 26.7 Å². The molecule has 0 radical (unpaired) electrons. The van der Waals surface area contributed by atoms with Crippen molar-refractivity contribution in [3.8, 4) is 17.3 Å². The van der Waals surface area contributed by atoms with Gasteiger partial charge in [0.25, 0.3) is 5.91 Å². The largest absolute Gasteiger partial charge is 0.408 e. The van der Waals surface area contributed by atoms with Gasteiger partial charge in [-0.25, -0.2) is 8.78 Å². The van der Waals surface area contributed by atoms with E-state index < -0.39 is 40.9 Å². The molecule has 1 saturated heterocycles. The van der Waals surface area contributed by atoms with Gasteiger partial charge < -0.3 is 15.2 Å². The zero-order valence-electron chi connectivity index (χ0n) is 19.9. The minimum absolute atomic E-state index is 0.0341. The Hall–Kier alpha value is -4.47. The van der Waals surface area contributed by atoms with Gasteiger partial charge in [0.15, 0.2) is 0 Å². The Bertz CT molecular complexity index is 1560. The summed E-state index contributed by atoms with van der Waals surface area (Å²) >= 11 is 0. The molecule has 0 spiro atoms. The summed E-state index contributed by atoms with van der Waals surface area (Å²) in [4.78, 5) is 21.1. The summed E-state index contributed by atoms with van der Waals surface area (Å²) in [7, 11) is 0. The SMILES string of the molecule is C[C@H](NC(=O)c1cc(F)c(N2CC(CC#N)(n3cc(-c4nccc5[nH]ccc45)cn3)C2)cc1F)C(F)(F)F. The first-order valence-electron chi connectivity index (χ1n) is 11.5. The molecule has 38 heavy (non-hydrogen) atoms. The van der Waals surface area contributed by atoms with Crippen molar-refractivity contribution in [2.75, 3.05) is 18.0 Å². The molecule has 1 fully saturated rings. The lowest BCUT2D eigenvalue weighted by molar-refractivity contribution is -0.149. The fraction of sp³-hybridized carbons (Fsp3) is 0.280. The van der Waals surface area contributed by atoms with Crippen molar-refractivity contribution in [1.82, 2.24) is 25.1 Å². The van der Waals surface area contributed by atoms with Gasteiger partial charge in [0.1, 0.15) is 23.2 Å². The second kappa shape index (κ2) is 9.13. The number of amides is 1. The third kappa shape index (κ3) is 4.31. The number of anilines is 1. The first-order chi connectivity index (χ1) is 18.0. The average molecular weight is 529 g/mol. The summed E-state index contributed by atoms with van der Waals surface area (Å²) in [6, 6.07) is 4.94. The third-order valence-corrected chi connectivity index (χ3v) is 6.66. The number of halogens is 5. The highest BCUT2D eigenvalue weighted by atomic mass is 19.4. The van der Waals surface area contributed by atoms with Crippen LogP contribution in [0.4, 0.5) is 27.6 Å². The number of aromatic nitrogens is 4. The predicted molar refractivity (Wildman–Crippen MR) is 127 cm³/mol. The molecule has 0 unspecified atom stereocenters. The van der Waals surface area contributed by atoms with Crippen LogP contribution in [0.1, 0.15) is 23.7 Å². The molecule has 3 aromatic heterocycles. The molecule has 0 aliphatic carbocycles. The quantitative estimate of drug-likeness (QED) is 0.358. The highest BCUT2D eigenvalue weighted by Crippen LogP contribution is 2.38. The van der Waals surface area contributed by atoms with Crippen molar-refractivity contribution in [2.45, 2.75) is 31.1 Å². The van der Waals surface area contributed by atoms with E-state index in [0.717, 1.165) is 17.0 Å². The standard InChI is InChI=1S/C25H20F5N7O/c1-14(25(28,29)30)35-23(38)17-8-19(27)21(9-18(17)26)36-12-24(13-36,4-5-31)37-11-15(10-34-37)22-16-2-6-32-20(16)3-7-33-22/h2-3,6-11,14,32H,4,12-13H2,1H3,(H,35,38)/t14-/m0/s1. The van der Waals surface area contributed by atoms with Crippen LogP contribution in [0, 0.1) is 23.0 Å². The Morgan fingerprint density at radius 2 is 2.03 bits per heavy atom. The second-order valence-corrected chi connectivity index (χ2v) is 9.21. The molecule has 0 saturated carbocycles. The first-order valence-corrected chi connectivity index (χ1v) is 11.5. The Balaban J connectivity index is 1.37. The maximum absolute atomic E-state index is 14.9. The van der Waals surface area contributed by atoms with Crippen LogP contribution in [0.3, 0.4) is 0 Å². The number of benzene rings is 1. The van der Waals surface area contributed by atoms with E-state index in [-0.39, 0.29) is 25.2 Å². The van der Waals surface area contributed by atoms with E-state index in [1.807, 2.05) is 12.1 Å². The van der Waals surface area contributed by atoms with Crippen LogP contribution in [0.5, 0.6) is 0 Å². The van der Waals surface area contributed by atoms with Gasteiger partial charge in [-0.15, -0.1) is 0 Å². The van der Waals surface area contributed by atoms with Crippen LogP contribution in [-0.4, -0.2) is 51.0 Å². The summed E-state index contributed by atoms with van der Waals surface area (Å²) in [5, 5.41) is 16.4. The number of carbonyl (C=O) groups is 1. The van der Waals surface area contributed by atoms with Crippen molar-refractivity contribution in [2.24, 2.45) is 0 Å². The molecule has 196 valence electrons. The van der Waals surface area contributed by atoms with Gasteiger partial charge in [-0.2, -0.15) is 23.5 Å². The number of carbonyl (C=O) groups excluding carboxylic acids is 1. The Kier molecular flexibility index (Phi) is 6.05. The second-order valence-electron chi connectivity index (χ2n) is 9.21. The normalized spacial score (nSPS) is 15.7. The summed E-state index contributed by atoms with van der Waals surface area (Å²) in [5.41, 5.74) is 0.454. The topological polar surface area (TPSA) is 103 Å². The maximum Gasteiger partial charge on any atom is 0.408 e. The Morgan fingerprint density at radius 3 is 2.74 bits per heavy atom. The number of rotatable bonds is 6. The number of alkyl halides is 3. The number of aromatic amines is 1. The van der Waals surface area contributed by atoms with Gasteiger partial charge in [0.2, 0.25) is 0 Å². The van der Waals surface area contributed by atoms with E-state index in [1.54, 1.807) is 34.8 Å². The lowest BCUT2D eigenvalue weighted by atomic mass is 9.86. The summed E-state index contributed by atoms with van der Waals surface area (Å²) < 4.78 is 69.4. The van der Waals surface area contributed by atoms with Crippen molar-refractivity contribution in [3.05, 3.63) is 66.3 Å². The van der Waals surface area contributed by atoms with Gasteiger partial charge in [-0.1, -0.05) is 0 Å². The Morgan fingerprint density at radius 1 is 1.26 bits per heavy atom. The summed E-state index contributed by atoms with van der Waals surface area (Å²) in [6.07, 6.45) is 2.12. The van der Waals surface area contributed by atoms with Gasteiger partial charge in [0.05, 0.1) is 35.6 Å². The van der Waals surface area contributed by atoms with Crippen molar-refractivity contribution in [1.29, 1.82) is 5.26 Å². The highest BCUT2D eigenvalue weighted by Gasteiger charge is 2.47. The van der Waals surface area contributed by atoms with Crippen LogP contribution < -0.4 is 10.2 Å². The zero-order valence-corrected chi connectivity index (χ0v) is 19.9. The number of fused-ring (bicyclic) bond motifs is 1. The van der Waals surface area contributed by atoms with Gasteiger partial charge in [-0.05, 0) is 25.1 Å². The molecule has 4 aromatic rings. The molecule has 1 amide bonds. The molecule has 1 atom stereocenters. The van der Waals surface area contributed by atoms with Gasteiger partial charge in [-0.3, -0.25) is 14.5 Å². The van der Waals surface area contributed by atoms with E-state index in [9.17, 15) is 32.0 Å². The number of hydrogen-bond donors (Lipinski definition) is 2. The molecule has 2 N–H and O–H groups in total. The first kappa shape index (κ1) is 25.2. The van der Waals surface area contributed by atoms with Crippen molar-refractivity contribution >= 4 is 22.5 Å². The molecule has 8 nitrogen and oxygen atoms in total. The summed E-state index contributed by atoms with van der Waals surface area (Å²) in [5.74, 6) is -3.53.